The van der Waals surface area contributed by atoms with Gasteiger partial charge in [0.25, 0.3) is 0 Å². The number of aromatic nitrogens is 2. The Morgan fingerprint density at radius 3 is 2.96 bits per heavy atom. The third-order valence-corrected chi connectivity index (χ3v) is 5.73. The lowest BCUT2D eigenvalue weighted by molar-refractivity contribution is 0.0188. The van der Waals surface area contributed by atoms with Crippen LogP contribution in [-0.2, 0) is 4.74 Å². The highest BCUT2D eigenvalue weighted by molar-refractivity contribution is 7.17. The molecule has 0 spiro atoms. The van der Waals surface area contributed by atoms with E-state index in [1.54, 1.807) is 29.0 Å². The second-order valence-corrected chi connectivity index (χ2v) is 7.16. The minimum Gasteiger partial charge on any atom is -0.379 e. The number of hydrogen-bond donors (Lipinski definition) is 1. The SMILES string of the molecule is c1nc(NCC(c2ccsc2)N2CCOCC2)c2sccc2n1. The maximum atomic E-state index is 5.50. The average Bonchev–Trinajstić information content (AvgIpc) is 3.28. The fraction of sp³-hybridized carbons (Fsp3) is 0.375. The van der Waals surface area contributed by atoms with Crippen LogP contribution in [0.2, 0.25) is 0 Å². The summed E-state index contributed by atoms with van der Waals surface area (Å²) in [5.41, 5.74) is 2.37. The molecule has 23 heavy (non-hydrogen) atoms. The lowest BCUT2D eigenvalue weighted by Crippen LogP contribution is -2.41. The molecule has 1 N–H and O–H groups in total. The minimum absolute atomic E-state index is 0.343. The van der Waals surface area contributed by atoms with Crippen LogP contribution in [0, 0.1) is 0 Å². The molecular weight excluding hydrogens is 328 g/mol. The van der Waals surface area contributed by atoms with Crippen LogP contribution in [0.1, 0.15) is 11.6 Å². The van der Waals surface area contributed by atoms with Gasteiger partial charge in [-0.05, 0) is 33.8 Å². The molecule has 4 heterocycles. The van der Waals surface area contributed by atoms with E-state index in [2.05, 4.69) is 42.4 Å². The first-order chi connectivity index (χ1) is 11.4. The summed E-state index contributed by atoms with van der Waals surface area (Å²) >= 11 is 3.43. The molecule has 1 saturated heterocycles. The quantitative estimate of drug-likeness (QED) is 0.769. The predicted molar refractivity (Wildman–Crippen MR) is 95.4 cm³/mol. The van der Waals surface area contributed by atoms with Crippen LogP contribution >= 0.6 is 22.7 Å². The number of thiophene rings is 2. The fourth-order valence-corrected chi connectivity index (χ4v) is 4.44. The van der Waals surface area contributed by atoms with Crippen molar-refractivity contribution in [2.45, 2.75) is 6.04 Å². The van der Waals surface area contributed by atoms with Crippen LogP contribution in [-0.4, -0.2) is 47.7 Å². The van der Waals surface area contributed by atoms with Crippen molar-refractivity contribution in [1.82, 2.24) is 14.9 Å². The molecule has 7 heteroatoms. The van der Waals surface area contributed by atoms with Crippen LogP contribution in [0.5, 0.6) is 0 Å². The predicted octanol–water partition coefficient (Wildman–Crippen LogP) is 3.24. The van der Waals surface area contributed by atoms with E-state index in [9.17, 15) is 0 Å². The maximum Gasteiger partial charge on any atom is 0.147 e. The number of anilines is 1. The van der Waals surface area contributed by atoms with Crippen LogP contribution in [0.25, 0.3) is 10.2 Å². The Morgan fingerprint density at radius 2 is 2.13 bits per heavy atom. The van der Waals surface area contributed by atoms with Gasteiger partial charge >= 0.3 is 0 Å². The van der Waals surface area contributed by atoms with Gasteiger partial charge < -0.3 is 10.1 Å². The van der Waals surface area contributed by atoms with E-state index in [4.69, 9.17) is 4.74 Å². The molecule has 0 aliphatic carbocycles. The number of ether oxygens (including phenoxy) is 1. The van der Waals surface area contributed by atoms with Gasteiger partial charge in [0, 0.05) is 19.6 Å². The number of hydrogen-bond acceptors (Lipinski definition) is 7. The van der Waals surface area contributed by atoms with E-state index < -0.39 is 0 Å². The lowest BCUT2D eigenvalue weighted by atomic mass is 10.1. The molecule has 1 fully saturated rings. The first-order valence-electron chi connectivity index (χ1n) is 7.68. The Labute approximate surface area is 142 Å². The monoisotopic (exact) mass is 346 g/mol. The molecule has 0 aromatic carbocycles. The number of rotatable bonds is 5. The van der Waals surface area contributed by atoms with Crippen LogP contribution in [0.4, 0.5) is 5.82 Å². The first-order valence-corrected chi connectivity index (χ1v) is 9.50. The molecule has 4 rings (SSSR count). The normalized spacial score (nSPS) is 17.4. The molecule has 1 unspecified atom stereocenters. The van der Waals surface area contributed by atoms with Crippen molar-refractivity contribution in [2.75, 3.05) is 38.2 Å². The van der Waals surface area contributed by atoms with E-state index in [1.807, 2.05) is 6.07 Å². The van der Waals surface area contributed by atoms with Crippen LogP contribution < -0.4 is 5.32 Å². The zero-order valence-corrected chi connectivity index (χ0v) is 14.3. The zero-order chi connectivity index (χ0) is 15.5. The minimum atomic E-state index is 0.343. The van der Waals surface area contributed by atoms with E-state index >= 15 is 0 Å². The van der Waals surface area contributed by atoms with Gasteiger partial charge in [-0.2, -0.15) is 11.3 Å². The first kappa shape index (κ1) is 15.0. The van der Waals surface area contributed by atoms with Crippen molar-refractivity contribution in [3.63, 3.8) is 0 Å². The average molecular weight is 346 g/mol. The zero-order valence-electron chi connectivity index (χ0n) is 12.6. The molecular formula is C16H18N4OS2. The Balaban J connectivity index is 1.54. The molecule has 3 aromatic rings. The van der Waals surface area contributed by atoms with Crippen molar-refractivity contribution in [3.8, 4) is 0 Å². The number of nitrogens with zero attached hydrogens (tertiary/aromatic N) is 3. The van der Waals surface area contributed by atoms with Crippen LogP contribution in [0.3, 0.4) is 0 Å². The molecule has 0 bridgehead atoms. The molecule has 1 aliphatic rings. The van der Waals surface area contributed by atoms with Crippen molar-refractivity contribution >= 4 is 38.7 Å². The molecule has 0 saturated carbocycles. The van der Waals surface area contributed by atoms with Gasteiger partial charge in [-0.15, -0.1) is 11.3 Å². The summed E-state index contributed by atoms with van der Waals surface area (Å²) in [4.78, 5) is 11.2. The second kappa shape index (κ2) is 6.92. The molecule has 120 valence electrons. The summed E-state index contributed by atoms with van der Waals surface area (Å²) < 4.78 is 6.62. The van der Waals surface area contributed by atoms with E-state index in [0.29, 0.717) is 6.04 Å². The van der Waals surface area contributed by atoms with E-state index in [1.165, 1.54) is 5.56 Å². The number of morpholine rings is 1. The van der Waals surface area contributed by atoms with Gasteiger partial charge in [-0.3, -0.25) is 4.90 Å². The molecule has 5 nitrogen and oxygen atoms in total. The second-order valence-electron chi connectivity index (χ2n) is 5.46. The van der Waals surface area contributed by atoms with Gasteiger partial charge in [-0.1, -0.05) is 0 Å². The smallest absolute Gasteiger partial charge is 0.147 e. The van der Waals surface area contributed by atoms with Crippen molar-refractivity contribution < 1.29 is 4.74 Å². The summed E-state index contributed by atoms with van der Waals surface area (Å²) in [7, 11) is 0. The summed E-state index contributed by atoms with van der Waals surface area (Å²) in [5.74, 6) is 0.929. The highest BCUT2D eigenvalue weighted by Gasteiger charge is 2.23. The number of fused-ring (bicyclic) bond motifs is 1. The Hall–Kier alpha value is -1.54. The maximum absolute atomic E-state index is 5.50. The molecule has 0 amide bonds. The largest absolute Gasteiger partial charge is 0.379 e. The fourth-order valence-electron chi connectivity index (χ4n) is 2.92. The van der Waals surface area contributed by atoms with Gasteiger partial charge in [0.2, 0.25) is 0 Å². The molecule has 1 atom stereocenters. The third kappa shape index (κ3) is 3.23. The van der Waals surface area contributed by atoms with Crippen LogP contribution in [0.15, 0.2) is 34.6 Å². The summed E-state index contributed by atoms with van der Waals surface area (Å²) in [6.45, 7) is 4.40. The lowest BCUT2D eigenvalue weighted by Gasteiger charge is -2.34. The standard InChI is InChI=1S/C16H18N4OS2/c1-7-22-10-12(1)14(20-3-5-21-6-4-20)9-17-16-15-13(2-8-23-15)18-11-19-16/h1-2,7-8,10-11,14H,3-6,9H2,(H,17,18,19). The van der Waals surface area contributed by atoms with Gasteiger partial charge in [0.1, 0.15) is 12.1 Å². The molecule has 1 aliphatic heterocycles. The third-order valence-electron chi connectivity index (χ3n) is 4.12. The topological polar surface area (TPSA) is 50.3 Å². The Bertz CT molecular complexity index is 752. The Morgan fingerprint density at radius 1 is 1.22 bits per heavy atom. The molecule has 3 aromatic heterocycles. The molecule has 0 radical (unpaired) electrons. The van der Waals surface area contributed by atoms with Crippen molar-refractivity contribution in [3.05, 3.63) is 40.2 Å². The van der Waals surface area contributed by atoms with Gasteiger partial charge in [0.15, 0.2) is 0 Å². The van der Waals surface area contributed by atoms with Crippen molar-refractivity contribution in [2.24, 2.45) is 0 Å². The van der Waals surface area contributed by atoms with Gasteiger partial charge in [-0.25, -0.2) is 9.97 Å². The summed E-state index contributed by atoms with van der Waals surface area (Å²) in [6, 6.07) is 4.59. The Kier molecular flexibility index (Phi) is 4.52. The summed E-state index contributed by atoms with van der Waals surface area (Å²) in [6.07, 6.45) is 1.63. The number of nitrogens with one attached hydrogen (secondary N) is 1. The van der Waals surface area contributed by atoms with Crippen molar-refractivity contribution in [1.29, 1.82) is 0 Å². The highest BCUT2D eigenvalue weighted by atomic mass is 32.1. The van der Waals surface area contributed by atoms with E-state index in [-0.39, 0.29) is 0 Å². The van der Waals surface area contributed by atoms with E-state index in [0.717, 1.165) is 48.9 Å². The van der Waals surface area contributed by atoms with Gasteiger partial charge in [0.05, 0.1) is 29.5 Å². The highest BCUT2D eigenvalue weighted by Crippen LogP contribution is 2.28. The summed E-state index contributed by atoms with van der Waals surface area (Å²) in [5, 5.41) is 9.98.